The maximum Gasteiger partial charge on any atom is 0.309 e. The number of ether oxygens (including phenoxy) is 1. The first-order valence-electron chi connectivity index (χ1n) is 9.30. The summed E-state index contributed by atoms with van der Waals surface area (Å²) in [6.45, 7) is 0.0279. The largest absolute Gasteiger partial charge is 0.455 e. The smallest absolute Gasteiger partial charge is 0.309 e. The Labute approximate surface area is 176 Å². The third-order valence-electron chi connectivity index (χ3n) is 4.75. The van der Waals surface area contributed by atoms with Crippen molar-refractivity contribution in [1.82, 2.24) is 4.90 Å². The average molecular weight is 437 g/mol. The molecule has 0 atom stereocenters. The highest BCUT2D eigenvalue weighted by atomic mass is 35.5. The van der Waals surface area contributed by atoms with Crippen LogP contribution in [-0.2, 0) is 14.3 Å². The maximum absolute atomic E-state index is 13.8. The monoisotopic (exact) mass is 436 g/mol. The van der Waals surface area contributed by atoms with Gasteiger partial charge in [-0.15, -0.1) is 0 Å². The Bertz CT molecular complexity index is 945. The fourth-order valence-corrected chi connectivity index (χ4v) is 3.26. The molecule has 2 aromatic rings. The zero-order valence-electron chi connectivity index (χ0n) is 15.9. The fourth-order valence-electron chi connectivity index (χ4n) is 3.14. The molecule has 0 aliphatic carbocycles. The topological polar surface area (TPSA) is 75.7 Å². The van der Waals surface area contributed by atoms with Gasteiger partial charge in [-0.05, 0) is 49.2 Å². The van der Waals surface area contributed by atoms with E-state index in [0.717, 1.165) is 12.1 Å². The van der Waals surface area contributed by atoms with E-state index in [9.17, 15) is 23.2 Å². The van der Waals surface area contributed by atoms with Crippen molar-refractivity contribution in [3.05, 3.63) is 64.7 Å². The molecule has 0 bridgehead atoms. The quantitative estimate of drug-likeness (QED) is 0.726. The molecule has 1 aliphatic rings. The summed E-state index contributed by atoms with van der Waals surface area (Å²) in [5.41, 5.74) is 0.316. The number of halogens is 3. The van der Waals surface area contributed by atoms with Crippen LogP contribution < -0.4 is 5.32 Å². The van der Waals surface area contributed by atoms with Crippen LogP contribution in [0.5, 0.6) is 0 Å². The average Bonchev–Trinajstić information content (AvgIpc) is 2.73. The third kappa shape index (κ3) is 5.54. The molecule has 30 heavy (non-hydrogen) atoms. The summed E-state index contributed by atoms with van der Waals surface area (Å²) in [5.74, 6) is -3.71. The molecule has 1 heterocycles. The molecule has 0 saturated carbocycles. The number of nitrogens with one attached hydrogen (secondary N) is 1. The van der Waals surface area contributed by atoms with Crippen molar-refractivity contribution >= 4 is 35.1 Å². The predicted molar refractivity (Wildman–Crippen MR) is 106 cm³/mol. The summed E-state index contributed by atoms with van der Waals surface area (Å²) in [6.07, 6.45) is 0.651. The lowest BCUT2D eigenvalue weighted by molar-refractivity contribution is -0.152. The van der Waals surface area contributed by atoms with Gasteiger partial charge in [-0.1, -0.05) is 11.6 Å². The number of anilines is 1. The number of hydrogen-bond donors (Lipinski definition) is 1. The maximum atomic E-state index is 13.8. The molecule has 1 saturated heterocycles. The number of esters is 1. The van der Waals surface area contributed by atoms with Crippen molar-refractivity contribution in [3.8, 4) is 0 Å². The van der Waals surface area contributed by atoms with Gasteiger partial charge in [-0.2, -0.15) is 0 Å². The molecule has 2 amide bonds. The second-order valence-corrected chi connectivity index (χ2v) is 7.29. The highest BCUT2D eigenvalue weighted by Gasteiger charge is 2.30. The van der Waals surface area contributed by atoms with Gasteiger partial charge in [-0.3, -0.25) is 14.4 Å². The molecule has 0 aromatic heterocycles. The molecular formula is C21H19ClF2N2O4. The highest BCUT2D eigenvalue weighted by molar-refractivity contribution is 6.30. The van der Waals surface area contributed by atoms with E-state index >= 15 is 0 Å². The Morgan fingerprint density at radius 3 is 2.37 bits per heavy atom. The van der Waals surface area contributed by atoms with E-state index in [1.54, 1.807) is 24.3 Å². The van der Waals surface area contributed by atoms with E-state index < -0.39 is 41.9 Å². The van der Waals surface area contributed by atoms with Gasteiger partial charge in [0.25, 0.3) is 11.8 Å². The number of hydrogen-bond acceptors (Lipinski definition) is 4. The summed E-state index contributed by atoms with van der Waals surface area (Å²) < 4.78 is 31.9. The lowest BCUT2D eigenvalue weighted by Gasteiger charge is -2.31. The van der Waals surface area contributed by atoms with Crippen LogP contribution in [0.3, 0.4) is 0 Å². The van der Waals surface area contributed by atoms with Crippen molar-refractivity contribution in [1.29, 1.82) is 0 Å². The predicted octanol–water partition coefficient (Wildman–Crippen LogP) is 3.65. The Hall–Kier alpha value is -3.00. The zero-order chi connectivity index (χ0) is 21.7. The molecule has 1 N–H and O–H groups in total. The summed E-state index contributed by atoms with van der Waals surface area (Å²) in [5, 5.41) is 3.12. The van der Waals surface area contributed by atoms with Crippen LogP contribution in [-0.4, -0.2) is 42.4 Å². The Balaban J connectivity index is 1.45. The number of benzene rings is 2. The van der Waals surface area contributed by atoms with Crippen molar-refractivity contribution in [2.45, 2.75) is 12.8 Å². The first-order valence-corrected chi connectivity index (χ1v) is 9.67. The number of carbonyl (C=O) groups excluding carboxylic acids is 3. The van der Waals surface area contributed by atoms with Gasteiger partial charge in [-0.25, -0.2) is 8.78 Å². The molecular weight excluding hydrogens is 418 g/mol. The molecule has 6 nitrogen and oxygen atoms in total. The number of carbonyl (C=O) groups is 3. The summed E-state index contributed by atoms with van der Waals surface area (Å²) in [6, 6.07) is 9.28. The first kappa shape index (κ1) is 21.7. The van der Waals surface area contributed by atoms with E-state index in [0.29, 0.717) is 29.6 Å². The molecule has 0 spiro atoms. The lowest BCUT2D eigenvalue weighted by Crippen LogP contribution is -2.41. The minimum absolute atomic E-state index is 0.212. The Kier molecular flexibility index (Phi) is 6.99. The van der Waals surface area contributed by atoms with Gasteiger partial charge in [0.1, 0.15) is 11.6 Å². The molecule has 3 rings (SSSR count). The number of amides is 2. The number of likely N-dealkylation sites (tertiary alicyclic amines) is 1. The number of piperidine rings is 1. The summed E-state index contributed by atoms with van der Waals surface area (Å²) in [4.78, 5) is 37.9. The van der Waals surface area contributed by atoms with Crippen LogP contribution >= 0.6 is 11.6 Å². The fraction of sp³-hybridized carbons (Fsp3) is 0.286. The second-order valence-electron chi connectivity index (χ2n) is 6.85. The molecule has 158 valence electrons. The van der Waals surface area contributed by atoms with Crippen LogP contribution in [0.25, 0.3) is 0 Å². The number of nitrogens with zero attached hydrogens (tertiary/aromatic N) is 1. The van der Waals surface area contributed by atoms with Gasteiger partial charge in [0, 0.05) is 29.9 Å². The van der Waals surface area contributed by atoms with Crippen molar-refractivity contribution in [2.75, 3.05) is 25.0 Å². The zero-order valence-corrected chi connectivity index (χ0v) is 16.6. The molecule has 0 radical (unpaired) electrons. The van der Waals surface area contributed by atoms with Crippen LogP contribution in [0.4, 0.5) is 14.5 Å². The summed E-state index contributed by atoms with van der Waals surface area (Å²) in [7, 11) is 0. The highest BCUT2D eigenvalue weighted by Crippen LogP contribution is 2.22. The van der Waals surface area contributed by atoms with Gasteiger partial charge in [0.05, 0.1) is 11.5 Å². The molecule has 1 fully saturated rings. The van der Waals surface area contributed by atoms with E-state index in [1.807, 2.05) is 0 Å². The van der Waals surface area contributed by atoms with Crippen molar-refractivity contribution in [2.24, 2.45) is 5.92 Å². The normalized spacial score (nSPS) is 14.3. The van der Waals surface area contributed by atoms with Gasteiger partial charge in [0.15, 0.2) is 6.61 Å². The van der Waals surface area contributed by atoms with Crippen LogP contribution in [0, 0.1) is 17.6 Å². The minimum atomic E-state index is -0.923. The Morgan fingerprint density at radius 2 is 1.73 bits per heavy atom. The third-order valence-corrected chi connectivity index (χ3v) is 5.00. The SMILES string of the molecule is O=C(COC(=O)C1CCN(C(=O)c2ccc(F)cc2F)CC1)Nc1ccc(Cl)cc1. The van der Waals surface area contributed by atoms with Crippen LogP contribution in [0.1, 0.15) is 23.2 Å². The van der Waals surface area contributed by atoms with Gasteiger partial charge < -0.3 is 15.0 Å². The minimum Gasteiger partial charge on any atom is -0.455 e. The van der Waals surface area contributed by atoms with E-state index in [-0.39, 0.29) is 18.7 Å². The molecule has 9 heteroatoms. The molecule has 2 aromatic carbocycles. The second kappa shape index (κ2) is 9.67. The van der Waals surface area contributed by atoms with Crippen LogP contribution in [0.15, 0.2) is 42.5 Å². The van der Waals surface area contributed by atoms with Crippen molar-refractivity contribution < 1.29 is 27.9 Å². The summed E-state index contributed by atoms with van der Waals surface area (Å²) >= 11 is 5.78. The van der Waals surface area contributed by atoms with E-state index in [4.69, 9.17) is 16.3 Å². The molecule has 0 unspecified atom stereocenters. The first-order chi connectivity index (χ1) is 14.3. The van der Waals surface area contributed by atoms with Crippen molar-refractivity contribution in [3.63, 3.8) is 0 Å². The Morgan fingerprint density at radius 1 is 1.07 bits per heavy atom. The van der Waals surface area contributed by atoms with Gasteiger partial charge >= 0.3 is 5.97 Å². The van der Waals surface area contributed by atoms with Gasteiger partial charge in [0.2, 0.25) is 0 Å². The lowest BCUT2D eigenvalue weighted by atomic mass is 9.96. The van der Waals surface area contributed by atoms with E-state index in [1.165, 1.54) is 4.90 Å². The van der Waals surface area contributed by atoms with Crippen LogP contribution in [0.2, 0.25) is 5.02 Å². The molecule has 1 aliphatic heterocycles. The van der Waals surface area contributed by atoms with E-state index in [2.05, 4.69) is 5.32 Å². The number of rotatable bonds is 5. The standard InChI is InChI=1S/C21H19ClF2N2O4/c22-14-1-4-16(5-2-14)25-19(27)12-30-21(29)13-7-9-26(10-8-13)20(28)17-6-3-15(23)11-18(17)24/h1-6,11,13H,7-10,12H2,(H,25,27).